The van der Waals surface area contributed by atoms with Crippen LogP contribution in [-0.2, 0) is 0 Å². The molecule has 1 N–H and O–H groups in total. The molecule has 0 heterocycles. The molecule has 15 heavy (non-hydrogen) atoms. The van der Waals surface area contributed by atoms with Crippen LogP contribution in [-0.4, -0.2) is 5.11 Å². The Bertz CT molecular complexity index is 343. The zero-order valence-electron chi connectivity index (χ0n) is 8.74. The zero-order chi connectivity index (χ0) is 11.4. The largest absolute Gasteiger partial charge is 0.384 e. The Morgan fingerprint density at radius 1 is 1.33 bits per heavy atom. The number of hydrogen-bond acceptors (Lipinski definition) is 1. The van der Waals surface area contributed by atoms with Gasteiger partial charge in [0.05, 0.1) is 6.10 Å². The highest BCUT2D eigenvalue weighted by Crippen LogP contribution is 2.21. The van der Waals surface area contributed by atoms with E-state index in [-0.39, 0.29) is 11.7 Å². The van der Waals surface area contributed by atoms with Crippen LogP contribution in [0.3, 0.4) is 0 Å². The van der Waals surface area contributed by atoms with Crippen LogP contribution in [0.15, 0.2) is 36.2 Å². The molecule has 0 fully saturated rings. The lowest BCUT2D eigenvalue weighted by Crippen LogP contribution is -1.96. The maximum atomic E-state index is 13.2. The summed E-state index contributed by atoms with van der Waals surface area (Å²) < 4.78 is 13.2. The SMILES string of the molecule is CC(C)C(F)=CC(O)c1ccc(Cl)cc1. The van der Waals surface area contributed by atoms with Gasteiger partial charge in [-0.1, -0.05) is 37.6 Å². The van der Waals surface area contributed by atoms with Crippen molar-refractivity contribution < 1.29 is 9.50 Å². The second kappa shape index (κ2) is 5.29. The van der Waals surface area contributed by atoms with Crippen LogP contribution in [0.25, 0.3) is 0 Å². The Hall–Kier alpha value is -0.860. The number of allylic oxidation sites excluding steroid dienone is 1. The minimum Gasteiger partial charge on any atom is -0.384 e. The first kappa shape index (κ1) is 12.2. The molecule has 0 aliphatic carbocycles. The number of hydrogen-bond donors (Lipinski definition) is 1. The molecule has 82 valence electrons. The molecule has 0 amide bonds. The van der Waals surface area contributed by atoms with Gasteiger partial charge in [0.15, 0.2) is 0 Å². The molecule has 3 heteroatoms. The van der Waals surface area contributed by atoms with Crippen molar-refractivity contribution in [1.29, 1.82) is 0 Å². The quantitative estimate of drug-likeness (QED) is 0.833. The fourth-order valence-corrected chi connectivity index (χ4v) is 1.23. The molecule has 1 aromatic rings. The zero-order valence-corrected chi connectivity index (χ0v) is 9.50. The van der Waals surface area contributed by atoms with Crippen LogP contribution in [0.4, 0.5) is 4.39 Å². The summed E-state index contributed by atoms with van der Waals surface area (Å²) in [6, 6.07) is 6.69. The highest BCUT2D eigenvalue weighted by Gasteiger charge is 2.08. The van der Waals surface area contributed by atoms with E-state index in [9.17, 15) is 9.50 Å². The lowest BCUT2D eigenvalue weighted by Gasteiger charge is -2.08. The van der Waals surface area contributed by atoms with Crippen molar-refractivity contribution >= 4 is 11.6 Å². The van der Waals surface area contributed by atoms with Crippen molar-refractivity contribution in [1.82, 2.24) is 0 Å². The average Bonchev–Trinajstić information content (AvgIpc) is 2.18. The summed E-state index contributed by atoms with van der Waals surface area (Å²) in [6.45, 7) is 3.47. The van der Waals surface area contributed by atoms with Crippen LogP contribution in [0.1, 0.15) is 25.5 Å². The van der Waals surface area contributed by atoms with Crippen molar-refractivity contribution in [3.8, 4) is 0 Å². The Balaban J connectivity index is 2.81. The number of halogens is 2. The molecule has 1 atom stereocenters. The Kier molecular flexibility index (Phi) is 4.30. The molecule has 0 aliphatic heterocycles. The molecular weight excluding hydrogens is 215 g/mol. The van der Waals surface area contributed by atoms with E-state index < -0.39 is 6.10 Å². The lowest BCUT2D eigenvalue weighted by molar-refractivity contribution is 0.224. The summed E-state index contributed by atoms with van der Waals surface area (Å²) in [6.07, 6.45) is 0.304. The monoisotopic (exact) mass is 228 g/mol. The molecule has 1 unspecified atom stereocenters. The molecule has 0 bridgehead atoms. The molecule has 0 saturated heterocycles. The van der Waals surface area contributed by atoms with Crippen LogP contribution >= 0.6 is 11.6 Å². The van der Waals surface area contributed by atoms with Crippen molar-refractivity contribution in [3.63, 3.8) is 0 Å². The number of rotatable bonds is 3. The van der Waals surface area contributed by atoms with Gasteiger partial charge in [-0.2, -0.15) is 0 Å². The van der Waals surface area contributed by atoms with Crippen molar-refractivity contribution in [2.45, 2.75) is 20.0 Å². The van der Waals surface area contributed by atoms with E-state index in [1.807, 2.05) is 0 Å². The van der Waals surface area contributed by atoms with E-state index in [0.29, 0.717) is 10.6 Å². The molecule has 0 radical (unpaired) electrons. The minimum atomic E-state index is -0.912. The third-order valence-corrected chi connectivity index (χ3v) is 2.33. The summed E-state index contributed by atoms with van der Waals surface area (Å²) in [5.41, 5.74) is 0.634. The topological polar surface area (TPSA) is 20.2 Å². The molecule has 0 spiro atoms. The van der Waals surface area contributed by atoms with E-state index in [1.54, 1.807) is 38.1 Å². The van der Waals surface area contributed by atoms with Gasteiger partial charge in [-0.3, -0.25) is 0 Å². The predicted molar refractivity (Wildman–Crippen MR) is 60.4 cm³/mol. The standard InChI is InChI=1S/C12H14ClFO/c1-8(2)11(14)7-12(15)9-3-5-10(13)6-4-9/h3-8,12,15H,1-2H3. The molecule has 1 aromatic carbocycles. The Morgan fingerprint density at radius 2 is 1.87 bits per heavy atom. The van der Waals surface area contributed by atoms with Crippen molar-refractivity contribution in [2.24, 2.45) is 5.92 Å². The second-order valence-corrected chi connectivity index (χ2v) is 4.14. The highest BCUT2D eigenvalue weighted by molar-refractivity contribution is 6.30. The maximum Gasteiger partial charge on any atom is 0.101 e. The fraction of sp³-hybridized carbons (Fsp3) is 0.333. The van der Waals surface area contributed by atoms with Crippen molar-refractivity contribution in [3.05, 3.63) is 46.8 Å². The lowest BCUT2D eigenvalue weighted by atomic mass is 10.1. The summed E-state index contributed by atoms with van der Waals surface area (Å²) in [5, 5.41) is 10.3. The van der Waals surface area contributed by atoms with Gasteiger partial charge in [0.2, 0.25) is 0 Å². The van der Waals surface area contributed by atoms with E-state index in [4.69, 9.17) is 11.6 Å². The van der Waals surface area contributed by atoms with Gasteiger partial charge in [-0.25, -0.2) is 4.39 Å². The maximum absolute atomic E-state index is 13.2. The van der Waals surface area contributed by atoms with Gasteiger partial charge < -0.3 is 5.11 Å². The fourth-order valence-electron chi connectivity index (χ4n) is 1.10. The summed E-state index contributed by atoms with van der Waals surface area (Å²) in [7, 11) is 0. The average molecular weight is 229 g/mol. The van der Waals surface area contributed by atoms with Gasteiger partial charge in [-0.05, 0) is 23.8 Å². The van der Waals surface area contributed by atoms with Crippen LogP contribution < -0.4 is 0 Å². The summed E-state index contributed by atoms with van der Waals surface area (Å²) >= 11 is 5.70. The number of benzene rings is 1. The van der Waals surface area contributed by atoms with Gasteiger partial charge in [0.1, 0.15) is 5.83 Å². The van der Waals surface area contributed by atoms with E-state index in [2.05, 4.69) is 0 Å². The third kappa shape index (κ3) is 3.65. The smallest absolute Gasteiger partial charge is 0.101 e. The number of aliphatic hydroxyl groups excluding tert-OH is 1. The molecule has 0 aromatic heterocycles. The van der Waals surface area contributed by atoms with E-state index in [0.717, 1.165) is 0 Å². The van der Waals surface area contributed by atoms with E-state index >= 15 is 0 Å². The summed E-state index contributed by atoms with van der Waals surface area (Å²) in [4.78, 5) is 0. The van der Waals surface area contributed by atoms with Gasteiger partial charge >= 0.3 is 0 Å². The first-order valence-corrected chi connectivity index (χ1v) is 5.19. The van der Waals surface area contributed by atoms with Gasteiger partial charge in [-0.15, -0.1) is 0 Å². The van der Waals surface area contributed by atoms with Crippen LogP contribution in [0, 0.1) is 5.92 Å². The Labute approximate surface area is 94.2 Å². The summed E-state index contributed by atoms with van der Waals surface area (Å²) in [5.74, 6) is -0.510. The highest BCUT2D eigenvalue weighted by atomic mass is 35.5. The van der Waals surface area contributed by atoms with Crippen molar-refractivity contribution in [2.75, 3.05) is 0 Å². The molecule has 1 nitrogen and oxygen atoms in total. The van der Waals surface area contributed by atoms with E-state index in [1.165, 1.54) is 6.08 Å². The predicted octanol–water partition coefficient (Wildman–Crippen LogP) is 3.88. The number of aliphatic hydroxyl groups is 1. The molecular formula is C12H14ClFO. The first-order chi connectivity index (χ1) is 7.00. The normalized spacial score (nSPS) is 14.4. The van der Waals surface area contributed by atoms with Gasteiger partial charge in [0, 0.05) is 10.9 Å². The van der Waals surface area contributed by atoms with Gasteiger partial charge in [0.25, 0.3) is 0 Å². The first-order valence-electron chi connectivity index (χ1n) is 4.81. The second-order valence-electron chi connectivity index (χ2n) is 3.70. The Morgan fingerprint density at radius 3 is 2.33 bits per heavy atom. The molecule has 0 aliphatic rings. The van der Waals surface area contributed by atoms with Crippen LogP contribution in [0.2, 0.25) is 5.02 Å². The minimum absolute atomic E-state index is 0.202. The molecule has 0 saturated carbocycles. The molecule has 1 rings (SSSR count). The third-order valence-electron chi connectivity index (χ3n) is 2.08. The van der Waals surface area contributed by atoms with Crippen LogP contribution in [0.5, 0.6) is 0 Å².